The fraction of sp³-hybridized carbons (Fsp3) is 0.667. The van der Waals surface area contributed by atoms with E-state index in [4.69, 9.17) is 24.5 Å². The van der Waals surface area contributed by atoms with E-state index in [2.05, 4.69) is 15.3 Å². The predicted molar refractivity (Wildman–Crippen MR) is 124 cm³/mol. The van der Waals surface area contributed by atoms with Gasteiger partial charge in [-0.3, -0.25) is 4.79 Å². The van der Waals surface area contributed by atoms with Gasteiger partial charge in [-0.2, -0.15) is 0 Å². The van der Waals surface area contributed by atoms with Crippen molar-refractivity contribution in [3.05, 3.63) is 40.3 Å². The standard InChI is InChI=1S/C21H34N4O8S/c1-30-9-3-5-19(26)17-34(28,29)20-6-2-4-18(16-20)21(27)23-7-10-31-12-14-33-15-13-32-11-8-24-25-22/h2,4,6,16,19,26H,3,5,7-15,17H2,1H3,(H,23,27). The van der Waals surface area contributed by atoms with Gasteiger partial charge in [-0.1, -0.05) is 11.2 Å². The quantitative estimate of drug-likeness (QED) is 0.116. The fourth-order valence-electron chi connectivity index (χ4n) is 2.76. The number of sulfone groups is 1. The molecule has 0 saturated carbocycles. The number of benzene rings is 1. The van der Waals surface area contributed by atoms with Gasteiger partial charge in [0.15, 0.2) is 9.84 Å². The third kappa shape index (κ3) is 13.5. The van der Waals surface area contributed by atoms with E-state index in [0.29, 0.717) is 52.5 Å². The molecule has 0 radical (unpaired) electrons. The Morgan fingerprint density at radius 2 is 1.79 bits per heavy atom. The van der Waals surface area contributed by atoms with Crippen LogP contribution in [0.3, 0.4) is 0 Å². The van der Waals surface area contributed by atoms with Crippen molar-refractivity contribution in [1.29, 1.82) is 0 Å². The molecule has 0 heterocycles. The van der Waals surface area contributed by atoms with Gasteiger partial charge >= 0.3 is 0 Å². The van der Waals surface area contributed by atoms with Gasteiger partial charge in [0.05, 0.1) is 56.4 Å². The highest BCUT2D eigenvalue weighted by Gasteiger charge is 2.21. The molecule has 0 spiro atoms. The van der Waals surface area contributed by atoms with Crippen LogP contribution in [0, 0.1) is 0 Å². The summed E-state index contributed by atoms with van der Waals surface area (Å²) in [5.74, 6) is -0.838. The molecule has 1 amide bonds. The number of methoxy groups -OCH3 is 1. The summed E-state index contributed by atoms with van der Waals surface area (Å²) in [6.45, 7) is 3.07. The van der Waals surface area contributed by atoms with E-state index in [1.807, 2.05) is 0 Å². The van der Waals surface area contributed by atoms with Crippen LogP contribution in [0.2, 0.25) is 0 Å². The Morgan fingerprint density at radius 1 is 1.12 bits per heavy atom. The van der Waals surface area contributed by atoms with E-state index >= 15 is 0 Å². The molecule has 13 heteroatoms. The Balaban J connectivity index is 2.27. The average molecular weight is 503 g/mol. The van der Waals surface area contributed by atoms with E-state index in [-0.39, 0.29) is 30.2 Å². The number of carbonyl (C=O) groups excluding carboxylic acids is 1. The van der Waals surface area contributed by atoms with Crippen LogP contribution in [0.15, 0.2) is 34.3 Å². The topological polar surface area (TPSA) is 169 Å². The van der Waals surface area contributed by atoms with Crippen molar-refractivity contribution in [3.8, 4) is 0 Å². The van der Waals surface area contributed by atoms with Crippen molar-refractivity contribution in [2.45, 2.75) is 23.8 Å². The number of carbonyl (C=O) groups is 1. The second-order valence-corrected chi connectivity index (χ2v) is 9.18. The molecular weight excluding hydrogens is 468 g/mol. The number of rotatable bonds is 20. The Labute approximate surface area is 200 Å². The largest absolute Gasteiger partial charge is 0.392 e. The molecule has 2 N–H and O–H groups in total. The maximum absolute atomic E-state index is 12.6. The number of ether oxygens (including phenoxy) is 4. The third-order valence-corrected chi connectivity index (χ3v) is 6.22. The van der Waals surface area contributed by atoms with Crippen molar-refractivity contribution in [1.82, 2.24) is 5.32 Å². The highest BCUT2D eigenvalue weighted by Crippen LogP contribution is 2.16. The lowest BCUT2D eigenvalue weighted by Crippen LogP contribution is -2.28. The second-order valence-electron chi connectivity index (χ2n) is 7.15. The number of aliphatic hydroxyl groups excluding tert-OH is 1. The van der Waals surface area contributed by atoms with Gasteiger partial charge in [0.1, 0.15) is 0 Å². The van der Waals surface area contributed by atoms with Crippen molar-refractivity contribution in [2.75, 3.05) is 72.2 Å². The number of nitrogens with zero attached hydrogens (tertiary/aromatic N) is 3. The zero-order chi connectivity index (χ0) is 25.1. The van der Waals surface area contributed by atoms with Gasteiger partial charge < -0.3 is 29.4 Å². The molecule has 34 heavy (non-hydrogen) atoms. The van der Waals surface area contributed by atoms with Crippen molar-refractivity contribution < 1.29 is 37.3 Å². The van der Waals surface area contributed by atoms with Gasteiger partial charge in [-0.05, 0) is 36.6 Å². The monoisotopic (exact) mass is 502 g/mol. The van der Waals surface area contributed by atoms with Crippen LogP contribution in [-0.4, -0.2) is 97.7 Å². The van der Waals surface area contributed by atoms with Crippen LogP contribution in [0.4, 0.5) is 0 Å². The molecule has 0 aliphatic rings. The number of nitrogens with one attached hydrogen (secondary N) is 1. The van der Waals surface area contributed by atoms with Gasteiger partial charge in [0, 0.05) is 37.3 Å². The first-order valence-electron chi connectivity index (χ1n) is 10.9. The molecule has 1 unspecified atom stereocenters. The Kier molecular flexibility index (Phi) is 15.9. The van der Waals surface area contributed by atoms with Gasteiger partial charge in [-0.15, -0.1) is 0 Å². The molecule has 0 saturated heterocycles. The lowest BCUT2D eigenvalue weighted by Gasteiger charge is -2.12. The molecule has 0 aliphatic heterocycles. The Hall–Kier alpha value is -2.25. The maximum Gasteiger partial charge on any atom is 0.251 e. The Morgan fingerprint density at radius 3 is 2.47 bits per heavy atom. The lowest BCUT2D eigenvalue weighted by atomic mass is 10.2. The summed E-state index contributed by atoms with van der Waals surface area (Å²) >= 11 is 0. The molecule has 12 nitrogen and oxygen atoms in total. The fourth-order valence-corrected chi connectivity index (χ4v) is 4.22. The maximum atomic E-state index is 12.6. The van der Waals surface area contributed by atoms with E-state index < -0.39 is 27.6 Å². The molecule has 1 aromatic rings. The average Bonchev–Trinajstić information content (AvgIpc) is 2.82. The lowest BCUT2D eigenvalue weighted by molar-refractivity contribution is 0.0166. The Bertz CT molecular complexity index is 862. The normalized spacial score (nSPS) is 12.2. The van der Waals surface area contributed by atoms with E-state index in [0.717, 1.165) is 0 Å². The predicted octanol–water partition coefficient (Wildman–Crippen LogP) is 1.34. The SMILES string of the molecule is COCCCC(O)CS(=O)(=O)c1cccc(C(=O)NCCOCCOCCOCCN=[N+]=[N-])c1. The summed E-state index contributed by atoms with van der Waals surface area (Å²) in [5.41, 5.74) is 8.33. The van der Waals surface area contributed by atoms with Crippen LogP contribution < -0.4 is 5.32 Å². The highest BCUT2D eigenvalue weighted by molar-refractivity contribution is 7.91. The van der Waals surface area contributed by atoms with Crippen molar-refractivity contribution in [3.63, 3.8) is 0 Å². The van der Waals surface area contributed by atoms with Crippen LogP contribution in [-0.2, 0) is 28.8 Å². The number of hydrogen-bond acceptors (Lipinski definition) is 9. The first-order valence-corrected chi connectivity index (χ1v) is 12.6. The van der Waals surface area contributed by atoms with Crippen LogP contribution in [0.1, 0.15) is 23.2 Å². The van der Waals surface area contributed by atoms with Gasteiger partial charge in [0.25, 0.3) is 5.91 Å². The minimum atomic E-state index is -3.74. The number of amides is 1. The number of azide groups is 1. The summed E-state index contributed by atoms with van der Waals surface area (Å²) in [4.78, 5) is 14.9. The van der Waals surface area contributed by atoms with Crippen molar-refractivity contribution in [2.24, 2.45) is 5.11 Å². The highest BCUT2D eigenvalue weighted by atomic mass is 32.2. The molecule has 1 aromatic carbocycles. The third-order valence-electron chi connectivity index (χ3n) is 4.43. The summed E-state index contributed by atoms with van der Waals surface area (Å²) in [7, 11) is -2.20. The minimum Gasteiger partial charge on any atom is -0.392 e. The van der Waals surface area contributed by atoms with Crippen LogP contribution >= 0.6 is 0 Å². The second kappa shape index (κ2) is 18.1. The molecular formula is C21H34N4O8S. The smallest absolute Gasteiger partial charge is 0.251 e. The first kappa shape index (κ1) is 29.8. The number of aliphatic hydroxyl groups is 1. The van der Waals surface area contributed by atoms with Crippen molar-refractivity contribution >= 4 is 15.7 Å². The minimum absolute atomic E-state index is 0.0129. The molecule has 1 atom stereocenters. The summed E-state index contributed by atoms with van der Waals surface area (Å²) in [5, 5.41) is 16.0. The molecule has 0 fully saturated rings. The summed E-state index contributed by atoms with van der Waals surface area (Å²) in [6.07, 6.45) is -0.140. The molecule has 0 aliphatic carbocycles. The van der Waals surface area contributed by atoms with Gasteiger partial charge in [0.2, 0.25) is 0 Å². The van der Waals surface area contributed by atoms with E-state index in [1.165, 1.54) is 31.4 Å². The van der Waals surface area contributed by atoms with E-state index in [9.17, 15) is 18.3 Å². The van der Waals surface area contributed by atoms with E-state index in [1.54, 1.807) is 0 Å². The molecule has 1 rings (SSSR count). The van der Waals surface area contributed by atoms with Gasteiger partial charge in [-0.25, -0.2) is 8.42 Å². The molecule has 192 valence electrons. The zero-order valence-electron chi connectivity index (χ0n) is 19.4. The zero-order valence-corrected chi connectivity index (χ0v) is 20.2. The number of hydrogen-bond donors (Lipinski definition) is 2. The molecule has 0 bridgehead atoms. The summed E-state index contributed by atoms with van der Waals surface area (Å²) in [6, 6.07) is 5.72. The first-order chi connectivity index (χ1) is 16.4. The van der Waals surface area contributed by atoms with Crippen LogP contribution in [0.25, 0.3) is 10.4 Å². The molecule has 0 aromatic heterocycles. The van der Waals surface area contributed by atoms with Crippen LogP contribution in [0.5, 0.6) is 0 Å². The summed E-state index contributed by atoms with van der Waals surface area (Å²) < 4.78 is 45.9.